The zero-order chi connectivity index (χ0) is 26.9. The standard InChI is InChI=1S/C29H36N2O7/c1-4-7-21-24(12-9-19-10-14-26(37-27(19)21)38-29(32)33)35-17-6-18-36-25-13-11-20(23-15-16-30-31-23)28(34-3)22(25)8-5-2/h9,11-13,15-16,26H,4-8,10,14,17-18H2,1-3H3,(H,30,31)(H,32,33). The van der Waals surface area contributed by atoms with Gasteiger partial charge in [0.25, 0.3) is 0 Å². The van der Waals surface area contributed by atoms with Gasteiger partial charge in [-0.1, -0.05) is 32.8 Å². The number of H-pyrrole nitrogens is 1. The van der Waals surface area contributed by atoms with E-state index in [1.807, 2.05) is 30.3 Å². The molecule has 0 fully saturated rings. The molecular weight excluding hydrogens is 488 g/mol. The van der Waals surface area contributed by atoms with Crippen LogP contribution >= 0.6 is 0 Å². The quantitative estimate of drug-likeness (QED) is 0.201. The summed E-state index contributed by atoms with van der Waals surface area (Å²) in [6.07, 6.45) is 4.92. The van der Waals surface area contributed by atoms with E-state index in [9.17, 15) is 4.79 Å². The number of fused-ring (bicyclic) bond motifs is 1. The maximum Gasteiger partial charge on any atom is 0.508 e. The average molecular weight is 525 g/mol. The predicted octanol–water partition coefficient (Wildman–Crippen LogP) is 6.18. The third kappa shape index (κ3) is 6.33. The number of benzene rings is 2. The number of aromatic amines is 1. The molecule has 1 aliphatic rings. The molecule has 3 aromatic rings. The number of aryl methyl sites for hydroxylation is 1. The molecule has 0 saturated carbocycles. The molecular formula is C29H36N2O7. The van der Waals surface area contributed by atoms with E-state index in [4.69, 9.17) is 28.8 Å². The van der Waals surface area contributed by atoms with Crippen molar-refractivity contribution in [3.63, 3.8) is 0 Å². The third-order valence-corrected chi connectivity index (χ3v) is 6.45. The lowest BCUT2D eigenvalue weighted by atomic mass is 9.98. The number of nitrogens with zero attached hydrogens (tertiary/aromatic N) is 1. The summed E-state index contributed by atoms with van der Waals surface area (Å²) in [6, 6.07) is 9.86. The molecule has 2 aromatic carbocycles. The molecule has 38 heavy (non-hydrogen) atoms. The van der Waals surface area contributed by atoms with Gasteiger partial charge in [0.05, 0.1) is 26.0 Å². The highest BCUT2D eigenvalue weighted by Gasteiger charge is 2.26. The van der Waals surface area contributed by atoms with Gasteiger partial charge in [-0.2, -0.15) is 5.10 Å². The Balaban J connectivity index is 1.40. The highest BCUT2D eigenvalue weighted by atomic mass is 16.8. The van der Waals surface area contributed by atoms with Crippen molar-refractivity contribution in [2.24, 2.45) is 0 Å². The zero-order valence-corrected chi connectivity index (χ0v) is 22.2. The largest absolute Gasteiger partial charge is 0.508 e. The molecule has 204 valence electrons. The lowest BCUT2D eigenvalue weighted by molar-refractivity contribution is -0.0640. The van der Waals surface area contributed by atoms with Crippen LogP contribution in [0.15, 0.2) is 36.5 Å². The van der Waals surface area contributed by atoms with E-state index in [2.05, 4.69) is 24.0 Å². The molecule has 2 heterocycles. The fourth-order valence-electron chi connectivity index (χ4n) is 4.79. The minimum absolute atomic E-state index is 0.469. The Morgan fingerprint density at radius 2 is 1.76 bits per heavy atom. The molecule has 0 saturated heterocycles. The Morgan fingerprint density at radius 3 is 2.42 bits per heavy atom. The fourth-order valence-corrected chi connectivity index (χ4v) is 4.79. The van der Waals surface area contributed by atoms with Gasteiger partial charge in [0, 0.05) is 35.7 Å². The molecule has 1 aliphatic heterocycles. The number of methoxy groups -OCH3 is 1. The monoisotopic (exact) mass is 524 g/mol. The molecule has 2 N–H and O–H groups in total. The van der Waals surface area contributed by atoms with Gasteiger partial charge >= 0.3 is 6.16 Å². The minimum atomic E-state index is -1.33. The van der Waals surface area contributed by atoms with Crippen molar-refractivity contribution >= 4 is 6.16 Å². The van der Waals surface area contributed by atoms with Crippen LogP contribution in [0, 0.1) is 0 Å². The van der Waals surface area contributed by atoms with Gasteiger partial charge in [0.1, 0.15) is 23.0 Å². The second-order valence-electron chi connectivity index (χ2n) is 9.14. The molecule has 9 heteroatoms. The SMILES string of the molecule is CCCc1c(OCCCOc2ccc(-c3ccn[nH]3)c(OC)c2CCC)ccc2c1OC(OC(=O)O)CC2. The van der Waals surface area contributed by atoms with Crippen LogP contribution < -0.4 is 18.9 Å². The van der Waals surface area contributed by atoms with Gasteiger partial charge in [0.2, 0.25) is 6.29 Å². The Morgan fingerprint density at radius 1 is 1.05 bits per heavy atom. The summed E-state index contributed by atoms with van der Waals surface area (Å²) < 4.78 is 28.9. The number of carbonyl (C=O) groups is 1. The van der Waals surface area contributed by atoms with Crippen LogP contribution in [0.4, 0.5) is 4.79 Å². The van der Waals surface area contributed by atoms with Gasteiger partial charge < -0.3 is 28.8 Å². The first-order chi connectivity index (χ1) is 18.5. The van der Waals surface area contributed by atoms with Gasteiger partial charge in [-0.25, -0.2) is 4.79 Å². The Hall–Kier alpha value is -3.88. The molecule has 0 radical (unpaired) electrons. The molecule has 1 atom stereocenters. The molecule has 9 nitrogen and oxygen atoms in total. The van der Waals surface area contributed by atoms with Crippen LogP contribution in [-0.4, -0.2) is 48.1 Å². The highest BCUT2D eigenvalue weighted by molar-refractivity contribution is 5.71. The van der Waals surface area contributed by atoms with Crippen LogP contribution in [0.25, 0.3) is 11.3 Å². The first-order valence-corrected chi connectivity index (χ1v) is 13.2. The number of hydrogen-bond acceptors (Lipinski definition) is 7. The number of carboxylic acid groups (broad SMARTS) is 1. The molecule has 4 rings (SSSR count). The topological polar surface area (TPSA) is 112 Å². The van der Waals surface area contributed by atoms with Gasteiger partial charge in [-0.05, 0) is 49.1 Å². The van der Waals surface area contributed by atoms with Gasteiger partial charge in [-0.15, -0.1) is 0 Å². The highest BCUT2D eigenvalue weighted by Crippen LogP contribution is 2.40. The third-order valence-electron chi connectivity index (χ3n) is 6.45. The minimum Gasteiger partial charge on any atom is -0.496 e. The van der Waals surface area contributed by atoms with E-state index in [0.717, 1.165) is 70.9 Å². The number of rotatable bonds is 13. The maximum absolute atomic E-state index is 11.0. The maximum atomic E-state index is 11.0. The molecule has 1 unspecified atom stereocenters. The summed E-state index contributed by atoms with van der Waals surface area (Å²) in [6.45, 7) is 5.18. The van der Waals surface area contributed by atoms with Crippen LogP contribution in [0.5, 0.6) is 23.0 Å². The smallest absolute Gasteiger partial charge is 0.496 e. The Bertz CT molecular complexity index is 1210. The molecule has 0 spiro atoms. The molecule has 0 bridgehead atoms. The summed E-state index contributed by atoms with van der Waals surface area (Å²) in [5.41, 5.74) is 4.90. The van der Waals surface area contributed by atoms with Crippen LogP contribution in [0.2, 0.25) is 0 Å². The zero-order valence-electron chi connectivity index (χ0n) is 22.2. The summed E-state index contributed by atoms with van der Waals surface area (Å²) in [7, 11) is 1.68. The van der Waals surface area contributed by atoms with Crippen LogP contribution in [0.1, 0.15) is 56.2 Å². The number of hydrogen-bond donors (Lipinski definition) is 2. The van der Waals surface area contributed by atoms with E-state index in [1.165, 1.54) is 0 Å². The summed E-state index contributed by atoms with van der Waals surface area (Å²) >= 11 is 0. The van der Waals surface area contributed by atoms with E-state index < -0.39 is 12.4 Å². The number of ether oxygens (including phenoxy) is 5. The van der Waals surface area contributed by atoms with Crippen LogP contribution in [0.3, 0.4) is 0 Å². The second kappa shape index (κ2) is 13.1. The molecule has 1 aromatic heterocycles. The lowest BCUT2D eigenvalue weighted by Gasteiger charge is -2.27. The van der Waals surface area contributed by atoms with E-state index in [0.29, 0.717) is 38.2 Å². The van der Waals surface area contributed by atoms with Gasteiger partial charge in [-0.3, -0.25) is 5.10 Å². The predicted molar refractivity (Wildman–Crippen MR) is 142 cm³/mol. The van der Waals surface area contributed by atoms with Crippen molar-refractivity contribution in [3.8, 4) is 34.3 Å². The van der Waals surface area contributed by atoms with Crippen molar-refractivity contribution in [2.45, 2.75) is 65.1 Å². The normalized spacial score (nSPS) is 14.3. The van der Waals surface area contributed by atoms with Gasteiger partial charge in [0.15, 0.2) is 0 Å². The first-order valence-electron chi connectivity index (χ1n) is 13.2. The van der Waals surface area contributed by atoms with E-state index >= 15 is 0 Å². The summed E-state index contributed by atoms with van der Waals surface area (Å²) in [5, 5.41) is 16.0. The summed E-state index contributed by atoms with van der Waals surface area (Å²) in [5.74, 6) is 3.05. The van der Waals surface area contributed by atoms with E-state index in [1.54, 1.807) is 13.3 Å². The fraction of sp³-hybridized carbons (Fsp3) is 0.448. The van der Waals surface area contributed by atoms with Crippen molar-refractivity contribution in [3.05, 3.63) is 53.2 Å². The van der Waals surface area contributed by atoms with Crippen molar-refractivity contribution in [1.29, 1.82) is 0 Å². The average Bonchev–Trinajstić information content (AvgIpc) is 3.45. The lowest BCUT2D eigenvalue weighted by Crippen LogP contribution is -2.28. The van der Waals surface area contributed by atoms with Crippen molar-refractivity contribution in [2.75, 3.05) is 20.3 Å². The van der Waals surface area contributed by atoms with Crippen molar-refractivity contribution in [1.82, 2.24) is 10.2 Å². The van der Waals surface area contributed by atoms with E-state index in [-0.39, 0.29) is 0 Å². The van der Waals surface area contributed by atoms with Crippen LogP contribution in [-0.2, 0) is 24.0 Å². The molecule has 0 amide bonds. The Labute approximate surface area is 223 Å². The number of aromatic nitrogens is 2. The molecule has 0 aliphatic carbocycles. The van der Waals surface area contributed by atoms with Crippen molar-refractivity contribution < 1.29 is 33.6 Å². The first kappa shape index (κ1) is 27.2. The second-order valence-corrected chi connectivity index (χ2v) is 9.14. The number of nitrogens with one attached hydrogen (secondary N) is 1. The Kier molecular flexibility index (Phi) is 9.35. The summed E-state index contributed by atoms with van der Waals surface area (Å²) in [4.78, 5) is 11.0.